The van der Waals surface area contributed by atoms with Crippen molar-refractivity contribution < 1.29 is 38.1 Å². The van der Waals surface area contributed by atoms with Crippen molar-refractivity contribution in [2.45, 2.75) is 155 Å². The minimum Gasteiger partial charge on any atom is -0.444 e. The first-order valence-electron chi connectivity index (χ1n) is 40.0. The average Bonchev–Trinajstić information content (AvgIpc) is 1.61. The fourth-order valence-corrected chi connectivity index (χ4v) is 15.4. The van der Waals surface area contributed by atoms with Crippen LogP contribution in [0, 0.1) is 0 Å². The number of nitrogens with one attached hydrogen (secondary N) is 8. The Kier molecular flexibility index (Phi) is 22.5. The number of benzene rings is 5. The van der Waals surface area contributed by atoms with E-state index in [0.717, 1.165) is 44.4 Å². The molecule has 598 valence electrons. The van der Waals surface area contributed by atoms with Crippen LogP contribution in [0.4, 0.5) is 19.2 Å². The highest BCUT2D eigenvalue weighted by Crippen LogP contribution is 2.41. The molecule has 118 heavy (non-hydrogen) atoms. The van der Waals surface area contributed by atoms with E-state index >= 15 is 0 Å². The quantitative estimate of drug-likeness (QED) is 0.0373. The van der Waals surface area contributed by atoms with Crippen LogP contribution in [0.15, 0.2) is 206 Å². The van der Waals surface area contributed by atoms with E-state index in [4.69, 9.17) is 38.9 Å². The average molecular weight is 1570 g/mol. The van der Waals surface area contributed by atoms with E-state index in [0.29, 0.717) is 138 Å². The molecule has 6 aromatic heterocycles. The van der Waals surface area contributed by atoms with Crippen molar-refractivity contribution >= 4 is 117 Å². The standard InChI is InChI=1S/C98H98N12O8/c1-95(2,3)115-91(111)107-81(52-59-26-17-13-18-27-59)87-73-40-36-65(99-73)57-66-37-41-74(100-66)88(82(53-60-28-19-14-20-29-60)108-92(112)116-96(4,5)6)78-49-45-70(104-78)85(69-44-48-77(87)103-69)63-34-25-35-64(56-63)86-71-46-50-79(105-71)89(83(54-61-30-21-15-22-31-61)109-93(113)117-97(7,8)9)75-42-38-67(101-75)58-68-39-43-76(102-68)90(80-51-47-72(86)106-80)84(55-62-32-23-16-24-33-62)110-94(114)118-98(10,11)12/h13-51,56-58,81-84,99,101,104,106H,52-55H2,1-12H3,(H,107,111)(H,108,112)(H,109,113)(H,110,114)/t81-,82-,83-,84-/m1/s1. The lowest BCUT2D eigenvalue weighted by Crippen LogP contribution is -2.36. The van der Waals surface area contributed by atoms with Crippen LogP contribution in [-0.4, -0.2) is 86.6 Å². The lowest BCUT2D eigenvalue weighted by atomic mass is 9.97. The van der Waals surface area contributed by atoms with Gasteiger partial charge in [-0.25, -0.2) is 39.1 Å². The Morgan fingerprint density at radius 1 is 0.288 bits per heavy atom. The van der Waals surface area contributed by atoms with Gasteiger partial charge in [0.05, 0.1) is 69.7 Å². The summed E-state index contributed by atoms with van der Waals surface area (Å²) in [6.45, 7) is 22.1. The van der Waals surface area contributed by atoms with Gasteiger partial charge in [0.25, 0.3) is 0 Å². The van der Waals surface area contributed by atoms with Gasteiger partial charge in [-0.05, 0) is 257 Å². The Morgan fingerprint density at radius 3 is 0.856 bits per heavy atom. The fourth-order valence-electron chi connectivity index (χ4n) is 15.4. The van der Waals surface area contributed by atoms with E-state index in [-0.39, 0.29) is 0 Å². The summed E-state index contributed by atoms with van der Waals surface area (Å²) in [6.07, 6.45) is 15.0. The molecule has 16 bridgehead atoms. The van der Waals surface area contributed by atoms with E-state index in [2.05, 4.69) is 59.4 Å². The molecule has 8 N–H and O–H groups in total. The smallest absolute Gasteiger partial charge is 0.408 e. The number of hydrogen-bond acceptors (Lipinski definition) is 12. The number of carbonyl (C=O) groups excluding carboxylic acids is 4. The summed E-state index contributed by atoms with van der Waals surface area (Å²) < 4.78 is 24.2. The molecule has 4 atom stereocenters. The Morgan fingerprint density at radius 2 is 0.551 bits per heavy atom. The van der Waals surface area contributed by atoms with Crippen LogP contribution in [0.1, 0.15) is 197 Å². The summed E-state index contributed by atoms with van der Waals surface area (Å²) >= 11 is 0. The van der Waals surface area contributed by atoms with Gasteiger partial charge in [-0.1, -0.05) is 140 Å². The van der Waals surface area contributed by atoms with Gasteiger partial charge in [-0.2, -0.15) is 0 Å². The Balaban J connectivity index is 1.03. The number of hydrogen-bond donors (Lipinski definition) is 8. The van der Waals surface area contributed by atoms with Crippen LogP contribution >= 0.6 is 0 Å². The van der Waals surface area contributed by atoms with Gasteiger partial charge in [0.1, 0.15) is 22.4 Å². The predicted octanol–water partition coefficient (Wildman–Crippen LogP) is 22.2. The molecule has 0 fully saturated rings. The molecule has 10 heterocycles. The first-order chi connectivity index (χ1) is 56.5. The van der Waals surface area contributed by atoms with Crippen molar-refractivity contribution in [2.24, 2.45) is 0 Å². The van der Waals surface area contributed by atoms with Crippen LogP contribution in [0.5, 0.6) is 0 Å². The molecule has 20 nitrogen and oxygen atoms in total. The summed E-state index contributed by atoms with van der Waals surface area (Å²) in [7, 11) is 0. The van der Waals surface area contributed by atoms with Gasteiger partial charge < -0.3 is 60.2 Å². The van der Waals surface area contributed by atoms with Gasteiger partial charge in [-0.15, -0.1) is 0 Å². The van der Waals surface area contributed by atoms with Gasteiger partial charge in [0.2, 0.25) is 0 Å². The van der Waals surface area contributed by atoms with E-state index in [1.165, 1.54) is 0 Å². The Hall–Kier alpha value is -13.6. The fraction of sp³-hybridized carbons (Fsp3) is 0.245. The normalized spacial score (nSPS) is 13.6. The summed E-state index contributed by atoms with van der Waals surface area (Å²) in [4.78, 5) is 95.0. The second kappa shape index (κ2) is 33.3. The molecule has 0 saturated carbocycles. The van der Waals surface area contributed by atoms with E-state index < -0.39 is 70.9 Å². The molecular weight excluding hydrogens is 1470 g/mol. The maximum Gasteiger partial charge on any atom is 0.408 e. The number of aromatic nitrogens is 8. The Labute approximate surface area is 686 Å². The largest absolute Gasteiger partial charge is 0.444 e. The zero-order valence-corrected chi connectivity index (χ0v) is 68.4. The number of fused-ring (bicyclic) bond motifs is 16. The molecule has 0 saturated heterocycles. The maximum absolute atomic E-state index is 14.4. The molecule has 0 aliphatic carbocycles. The second-order valence-corrected chi connectivity index (χ2v) is 34.0. The van der Waals surface area contributed by atoms with Crippen molar-refractivity contribution in [1.82, 2.24) is 61.1 Å². The van der Waals surface area contributed by atoms with Gasteiger partial charge >= 0.3 is 24.4 Å². The van der Waals surface area contributed by atoms with Crippen molar-refractivity contribution in [3.8, 4) is 22.3 Å². The molecule has 0 radical (unpaired) electrons. The van der Waals surface area contributed by atoms with E-state index in [1.807, 2.05) is 320 Å². The second-order valence-electron chi connectivity index (χ2n) is 34.0. The number of H-pyrrole nitrogens is 4. The minimum absolute atomic E-state index is 0.369. The van der Waals surface area contributed by atoms with Crippen LogP contribution in [0.3, 0.4) is 0 Å². The molecule has 5 aromatic carbocycles. The molecule has 4 aliphatic rings. The highest BCUT2D eigenvalue weighted by Gasteiger charge is 2.32. The molecular formula is C98H98N12O8. The number of carbonyl (C=O) groups is 4. The van der Waals surface area contributed by atoms with Crippen molar-refractivity contribution in [3.63, 3.8) is 0 Å². The third-order valence-corrected chi connectivity index (χ3v) is 20.0. The van der Waals surface area contributed by atoms with E-state index in [1.54, 1.807) is 0 Å². The molecule has 20 heteroatoms. The molecule has 15 rings (SSSR count). The third kappa shape index (κ3) is 19.5. The van der Waals surface area contributed by atoms with Crippen LogP contribution in [0.2, 0.25) is 0 Å². The number of amides is 4. The van der Waals surface area contributed by atoms with Gasteiger partial charge in [-0.3, -0.25) is 0 Å². The number of ether oxygens (including phenoxy) is 4. The summed E-state index contributed by atoms with van der Waals surface area (Å²) in [6, 6.07) is 65.6. The molecule has 11 aromatic rings. The number of rotatable bonds is 18. The first-order valence-corrected chi connectivity index (χ1v) is 40.0. The predicted molar refractivity (Wildman–Crippen MR) is 471 cm³/mol. The molecule has 4 amide bonds. The maximum atomic E-state index is 14.4. The number of aromatic amines is 4. The number of alkyl carbamates (subject to hydrolysis) is 4. The topological polar surface area (TPSA) is 268 Å². The minimum atomic E-state index is -0.817. The van der Waals surface area contributed by atoms with E-state index in [9.17, 15) is 19.2 Å². The van der Waals surface area contributed by atoms with Crippen LogP contribution in [0.25, 0.3) is 115 Å². The molecule has 0 spiro atoms. The lowest BCUT2D eigenvalue weighted by molar-refractivity contribution is 0.0491. The summed E-state index contributed by atoms with van der Waals surface area (Å²) in [5.41, 5.74) is 16.6. The summed E-state index contributed by atoms with van der Waals surface area (Å²) in [5, 5.41) is 13.2. The third-order valence-electron chi connectivity index (χ3n) is 20.0. The SMILES string of the molecule is CC(C)(C)OC(=O)N[C@H](Cc1ccccc1)c1c2nc(c(-c3cccc(-c4c5nc(c([C@@H](Cc6ccccc6)NC(=O)OC(C)(C)C)c6ccc(cc7nc(c([C@@H](Cc8ccccc8)NC(=O)OC(C)(C)C)c8ccc4[nH]8)C=C7)[nH]6)C=C5)c3)c3ccc([nH]3)c([C@@H](Cc3ccccc3)NC(=O)OC(C)(C)C)c3nc(cc4ccc1[nH]4)C=C3)C=C2. The van der Waals surface area contributed by atoms with Gasteiger partial charge in [0.15, 0.2) is 0 Å². The highest BCUT2D eigenvalue weighted by molar-refractivity contribution is 5.97. The highest BCUT2D eigenvalue weighted by atomic mass is 16.6. The lowest BCUT2D eigenvalue weighted by Gasteiger charge is -2.24. The van der Waals surface area contributed by atoms with Crippen LogP contribution < -0.4 is 21.3 Å². The van der Waals surface area contributed by atoms with Crippen molar-refractivity contribution in [1.29, 1.82) is 0 Å². The van der Waals surface area contributed by atoms with Gasteiger partial charge in [0, 0.05) is 77.5 Å². The summed E-state index contributed by atoms with van der Waals surface area (Å²) in [5.74, 6) is 0. The Bertz CT molecular complexity index is 5610. The monoisotopic (exact) mass is 1570 g/mol. The molecule has 0 unspecified atom stereocenters. The van der Waals surface area contributed by atoms with Crippen molar-refractivity contribution in [2.75, 3.05) is 0 Å². The first kappa shape index (κ1) is 79.6. The zero-order valence-electron chi connectivity index (χ0n) is 68.4. The zero-order chi connectivity index (χ0) is 82.6. The van der Waals surface area contributed by atoms with Crippen LogP contribution in [-0.2, 0) is 44.6 Å². The van der Waals surface area contributed by atoms with Crippen molar-refractivity contribution in [3.05, 3.63) is 296 Å². The number of nitrogens with zero attached hydrogens (tertiary/aromatic N) is 4. The molecule has 4 aliphatic heterocycles.